The normalized spacial score (nSPS) is 34.3. The molecule has 2 unspecified atom stereocenters. The molecule has 4 heteroatoms. The van der Waals surface area contributed by atoms with Crippen molar-refractivity contribution in [3.05, 3.63) is 0 Å². The fraction of sp³-hybridized carbons (Fsp3) is 0.909. The molecule has 2 aliphatic rings. The first-order valence-electron chi connectivity index (χ1n) is 5.75. The van der Waals surface area contributed by atoms with Crippen molar-refractivity contribution in [1.29, 1.82) is 0 Å². The van der Waals surface area contributed by atoms with Crippen molar-refractivity contribution in [3.63, 3.8) is 0 Å². The summed E-state index contributed by atoms with van der Waals surface area (Å²) in [6.45, 7) is 4.17. The van der Waals surface area contributed by atoms with Gasteiger partial charge in [0.25, 0.3) is 0 Å². The van der Waals surface area contributed by atoms with Gasteiger partial charge in [-0.1, -0.05) is 0 Å². The van der Waals surface area contributed by atoms with Gasteiger partial charge in [-0.2, -0.15) is 0 Å². The Bertz CT molecular complexity index is 253. The van der Waals surface area contributed by atoms with E-state index in [1.807, 2.05) is 0 Å². The number of nitrogens with zero attached hydrogens (tertiary/aromatic N) is 2. The number of aliphatic carboxylic acids is 1. The van der Waals surface area contributed by atoms with E-state index in [-0.39, 0.29) is 12.5 Å². The Balaban J connectivity index is 2.04. The molecule has 1 N–H and O–H groups in total. The summed E-state index contributed by atoms with van der Waals surface area (Å²) in [4.78, 5) is 15.5. The fourth-order valence-electron chi connectivity index (χ4n) is 2.84. The molecule has 15 heavy (non-hydrogen) atoms. The van der Waals surface area contributed by atoms with Crippen LogP contribution in [0.15, 0.2) is 0 Å². The van der Waals surface area contributed by atoms with E-state index in [9.17, 15) is 4.79 Å². The van der Waals surface area contributed by atoms with Crippen LogP contribution in [-0.4, -0.2) is 59.1 Å². The third-order valence-electron chi connectivity index (χ3n) is 3.41. The lowest BCUT2D eigenvalue weighted by Gasteiger charge is -2.44. The number of carboxylic acids is 1. The molecule has 1 aliphatic heterocycles. The Hall–Kier alpha value is -0.610. The van der Waals surface area contributed by atoms with E-state index in [2.05, 4.69) is 23.8 Å². The zero-order valence-electron chi connectivity index (χ0n) is 9.52. The van der Waals surface area contributed by atoms with Gasteiger partial charge >= 0.3 is 5.97 Å². The lowest BCUT2D eigenvalue weighted by molar-refractivity contribution is -0.139. The van der Waals surface area contributed by atoms with Gasteiger partial charge in [0.2, 0.25) is 0 Å². The fourth-order valence-corrected chi connectivity index (χ4v) is 2.84. The molecule has 86 valence electrons. The number of hydrogen-bond donors (Lipinski definition) is 1. The monoisotopic (exact) mass is 212 g/mol. The summed E-state index contributed by atoms with van der Waals surface area (Å²) < 4.78 is 0. The number of rotatable bonds is 3. The summed E-state index contributed by atoms with van der Waals surface area (Å²) >= 11 is 0. The summed E-state index contributed by atoms with van der Waals surface area (Å²) in [5, 5.41) is 8.91. The highest BCUT2D eigenvalue weighted by Gasteiger charge is 2.40. The van der Waals surface area contributed by atoms with Crippen molar-refractivity contribution in [2.45, 2.75) is 44.3 Å². The average molecular weight is 212 g/mol. The molecule has 0 aromatic rings. The van der Waals surface area contributed by atoms with E-state index in [4.69, 9.17) is 5.11 Å². The first-order valence-corrected chi connectivity index (χ1v) is 5.75. The molecule has 0 amide bonds. The largest absolute Gasteiger partial charge is 0.481 e. The first kappa shape index (κ1) is 10.9. The van der Waals surface area contributed by atoms with Crippen molar-refractivity contribution in [3.8, 4) is 0 Å². The van der Waals surface area contributed by atoms with Crippen LogP contribution in [0.3, 0.4) is 0 Å². The third kappa shape index (κ3) is 2.49. The van der Waals surface area contributed by atoms with Gasteiger partial charge in [-0.05, 0) is 26.8 Å². The molecule has 2 fully saturated rings. The van der Waals surface area contributed by atoms with Crippen LogP contribution in [0.1, 0.15) is 26.2 Å². The first-order chi connectivity index (χ1) is 7.08. The third-order valence-corrected chi connectivity index (χ3v) is 3.41. The van der Waals surface area contributed by atoms with Gasteiger partial charge in [0.05, 0.1) is 6.42 Å². The van der Waals surface area contributed by atoms with E-state index >= 15 is 0 Å². The van der Waals surface area contributed by atoms with Gasteiger partial charge in [0.15, 0.2) is 0 Å². The second-order valence-electron chi connectivity index (χ2n) is 5.00. The van der Waals surface area contributed by atoms with Crippen molar-refractivity contribution in [2.75, 3.05) is 20.1 Å². The molecule has 4 nitrogen and oxygen atoms in total. The van der Waals surface area contributed by atoms with Crippen LogP contribution in [0.2, 0.25) is 0 Å². The van der Waals surface area contributed by atoms with Crippen LogP contribution < -0.4 is 0 Å². The van der Waals surface area contributed by atoms with Crippen LogP contribution in [0, 0.1) is 0 Å². The zero-order valence-corrected chi connectivity index (χ0v) is 9.52. The molecule has 0 bridgehead atoms. The molecular formula is C11H20N2O2. The second kappa shape index (κ2) is 4.10. The number of carbonyl (C=O) groups is 1. The van der Waals surface area contributed by atoms with Crippen LogP contribution in [-0.2, 0) is 4.79 Å². The van der Waals surface area contributed by atoms with Crippen molar-refractivity contribution >= 4 is 5.97 Å². The second-order valence-corrected chi connectivity index (χ2v) is 5.00. The summed E-state index contributed by atoms with van der Waals surface area (Å²) in [7, 11) is 2.08. The standard InChI is InChI=1S/C11H20N2O2/c1-8-6-12(2)7-10(5-11(14)15)13(8)9-3-4-9/h8-10H,3-7H2,1-2H3,(H,14,15). The van der Waals surface area contributed by atoms with E-state index in [1.54, 1.807) is 0 Å². The summed E-state index contributed by atoms with van der Waals surface area (Å²) in [6, 6.07) is 1.38. The summed E-state index contributed by atoms with van der Waals surface area (Å²) in [5.74, 6) is -0.673. The molecule has 0 aromatic carbocycles. The van der Waals surface area contributed by atoms with E-state index < -0.39 is 5.97 Å². The van der Waals surface area contributed by atoms with Crippen LogP contribution >= 0.6 is 0 Å². The Labute approximate surface area is 90.9 Å². The van der Waals surface area contributed by atoms with Gasteiger partial charge in [0, 0.05) is 31.2 Å². The highest BCUT2D eigenvalue weighted by molar-refractivity contribution is 5.67. The Morgan fingerprint density at radius 1 is 1.40 bits per heavy atom. The van der Waals surface area contributed by atoms with Crippen LogP contribution in [0.25, 0.3) is 0 Å². The molecular weight excluding hydrogens is 192 g/mol. The lowest BCUT2D eigenvalue weighted by Crippen LogP contribution is -2.57. The topological polar surface area (TPSA) is 43.8 Å². The maximum absolute atomic E-state index is 10.8. The highest BCUT2D eigenvalue weighted by atomic mass is 16.4. The molecule has 1 aliphatic carbocycles. The lowest BCUT2D eigenvalue weighted by atomic mass is 10.0. The van der Waals surface area contributed by atoms with Gasteiger partial charge < -0.3 is 10.0 Å². The van der Waals surface area contributed by atoms with E-state index in [0.29, 0.717) is 12.1 Å². The quantitative estimate of drug-likeness (QED) is 0.745. The minimum Gasteiger partial charge on any atom is -0.481 e. The Kier molecular flexibility index (Phi) is 2.98. The molecule has 1 saturated carbocycles. The maximum Gasteiger partial charge on any atom is 0.304 e. The molecule has 2 rings (SSSR count). The smallest absolute Gasteiger partial charge is 0.304 e. The van der Waals surface area contributed by atoms with Gasteiger partial charge in [-0.15, -0.1) is 0 Å². The van der Waals surface area contributed by atoms with E-state index in [1.165, 1.54) is 12.8 Å². The molecule has 0 aromatic heterocycles. The highest BCUT2D eigenvalue weighted by Crippen LogP contribution is 2.33. The van der Waals surface area contributed by atoms with E-state index in [0.717, 1.165) is 13.1 Å². The SMILES string of the molecule is CC1CN(C)CC(CC(=O)O)N1C1CC1. The van der Waals surface area contributed by atoms with Gasteiger partial charge in [0.1, 0.15) is 0 Å². The number of hydrogen-bond acceptors (Lipinski definition) is 3. The minimum absolute atomic E-state index is 0.212. The Morgan fingerprint density at radius 3 is 2.60 bits per heavy atom. The predicted octanol–water partition coefficient (Wildman–Crippen LogP) is 0.628. The predicted molar refractivity (Wildman–Crippen MR) is 57.9 cm³/mol. The number of piperazine rings is 1. The molecule has 0 radical (unpaired) electrons. The van der Waals surface area contributed by atoms with Crippen LogP contribution in [0.4, 0.5) is 0 Å². The molecule has 0 spiro atoms. The number of likely N-dealkylation sites (N-methyl/N-ethyl adjacent to an activating group) is 1. The molecule has 1 heterocycles. The van der Waals surface area contributed by atoms with Crippen molar-refractivity contribution < 1.29 is 9.90 Å². The summed E-state index contributed by atoms with van der Waals surface area (Å²) in [6.07, 6.45) is 2.79. The summed E-state index contributed by atoms with van der Waals surface area (Å²) in [5.41, 5.74) is 0. The Morgan fingerprint density at radius 2 is 2.07 bits per heavy atom. The average Bonchev–Trinajstić information content (AvgIpc) is 2.84. The van der Waals surface area contributed by atoms with Crippen molar-refractivity contribution in [1.82, 2.24) is 9.80 Å². The number of carboxylic acid groups (broad SMARTS) is 1. The van der Waals surface area contributed by atoms with Crippen molar-refractivity contribution in [2.24, 2.45) is 0 Å². The zero-order chi connectivity index (χ0) is 11.0. The molecule has 2 atom stereocenters. The minimum atomic E-state index is -0.673. The van der Waals surface area contributed by atoms with Gasteiger partial charge in [-0.25, -0.2) is 0 Å². The van der Waals surface area contributed by atoms with Crippen LogP contribution in [0.5, 0.6) is 0 Å². The maximum atomic E-state index is 10.8. The molecule has 1 saturated heterocycles. The van der Waals surface area contributed by atoms with Gasteiger partial charge in [-0.3, -0.25) is 9.69 Å².